The van der Waals surface area contributed by atoms with Crippen LogP contribution in [0.3, 0.4) is 0 Å². The van der Waals surface area contributed by atoms with Crippen LogP contribution in [0, 0.1) is 6.92 Å². The third-order valence-electron chi connectivity index (χ3n) is 3.32. The smallest absolute Gasteiger partial charge is 0.144 e. The zero-order valence-corrected chi connectivity index (χ0v) is 13.3. The summed E-state index contributed by atoms with van der Waals surface area (Å²) in [6.07, 6.45) is 0.115. The molecular formula is C18H24N2O. The lowest BCUT2D eigenvalue weighted by Crippen LogP contribution is -2.18. The van der Waals surface area contributed by atoms with Gasteiger partial charge in [-0.2, -0.15) is 0 Å². The Kier molecular flexibility index (Phi) is 4.73. The van der Waals surface area contributed by atoms with Crippen molar-refractivity contribution < 1.29 is 4.74 Å². The van der Waals surface area contributed by atoms with Crippen molar-refractivity contribution in [2.45, 2.75) is 33.4 Å². The summed E-state index contributed by atoms with van der Waals surface area (Å²) in [7, 11) is 2.05. The highest BCUT2D eigenvalue weighted by Gasteiger charge is 2.11. The van der Waals surface area contributed by atoms with Gasteiger partial charge in [-0.1, -0.05) is 35.9 Å². The molecule has 2 N–H and O–H groups in total. The van der Waals surface area contributed by atoms with Gasteiger partial charge >= 0.3 is 0 Å². The molecule has 112 valence electrons. The van der Waals surface area contributed by atoms with E-state index in [4.69, 9.17) is 10.5 Å². The van der Waals surface area contributed by atoms with E-state index >= 15 is 0 Å². The predicted octanol–water partition coefficient (Wildman–Crippen LogP) is 4.00. The van der Waals surface area contributed by atoms with E-state index < -0.39 is 0 Å². The molecule has 0 fully saturated rings. The van der Waals surface area contributed by atoms with Crippen LogP contribution in [0.25, 0.3) is 0 Å². The van der Waals surface area contributed by atoms with Crippen LogP contribution < -0.4 is 15.4 Å². The van der Waals surface area contributed by atoms with Gasteiger partial charge in [0.05, 0.1) is 17.5 Å². The van der Waals surface area contributed by atoms with Gasteiger partial charge in [-0.3, -0.25) is 0 Å². The van der Waals surface area contributed by atoms with Crippen LogP contribution in [0.5, 0.6) is 5.75 Å². The number of anilines is 2. The van der Waals surface area contributed by atoms with E-state index in [1.165, 1.54) is 11.1 Å². The number of aryl methyl sites for hydroxylation is 1. The molecular weight excluding hydrogens is 260 g/mol. The number of benzene rings is 2. The molecule has 0 aliphatic carbocycles. The molecule has 0 amide bonds. The molecule has 0 unspecified atom stereocenters. The van der Waals surface area contributed by atoms with Crippen molar-refractivity contribution in [3.63, 3.8) is 0 Å². The quantitative estimate of drug-likeness (QED) is 0.843. The second-order valence-electron chi connectivity index (χ2n) is 5.70. The van der Waals surface area contributed by atoms with E-state index in [2.05, 4.69) is 36.1 Å². The zero-order chi connectivity index (χ0) is 15.4. The minimum absolute atomic E-state index is 0.115. The fourth-order valence-corrected chi connectivity index (χ4v) is 2.39. The Labute approximate surface area is 127 Å². The molecule has 0 heterocycles. The molecule has 3 heteroatoms. The summed E-state index contributed by atoms with van der Waals surface area (Å²) in [5, 5.41) is 0. The van der Waals surface area contributed by atoms with Gasteiger partial charge in [0.1, 0.15) is 5.75 Å². The SMILES string of the molecule is Cc1cccc(CN(C)c2cccc(OC(C)C)c2N)c1. The van der Waals surface area contributed by atoms with E-state index in [-0.39, 0.29) is 6.10 Å². The summed E-state index contributed by atoms with van der Waals surface area (Å²) in [6, 6.07) is 14.4. The van der Waals surface area contributed by atoms with Crippen LogP contribution in [0.1, 0.15) is 25.0 Å². The lowest BCUT2D eigenvalue weighted by Gasteiger charge is -2.23. The van der Waals surface area contributed by atoms with E-state index in [0.717, 1.165) is 18.0 Å². The first-order chi connectivity index (χ1) is 9.97. The van der Waals surface area contributed by atoms with Crippen molar-refractivity contribution in [2.24, 2.45) is 0 Å². The third-order valence-corrected chi connectivity index (χ3v) is 3.32. The highest BCUT2D eigenvalue weighted by atomic mass is 16.5. The summed E-state index contributed by atoms with van der Waals surface area (Å²) in [4.78, 5) is 2.15. The second-order valence-corrected chi connectivity index (χ2v) is 5.70. The Balaban J connectivity index is 2.21. The van der Waals surface area contributed by atoms with E-state index in [1.54, 1.807) is 0 Å². The van der Waals surface area contributed by atoms with Gasteiger partial charge < -0.3 is 15.4 Å². The number of ether oxygens (including phenoxy) is 1. The first kappa shape index (κ1) is 15.2. The summed E-state index contributed by atoms with van der Waals surface area (Å²) in [5.74, 6) is 0.749. The maximum absolute atomic E-state index is 6.25. The molecule has 0 saturated heterocycles. The molecule has 0 atom stereocenters. The van der Waals surface area contributed by atoms with Gasteiger partial charge in [0.25, 0.3) is 0 Å². The van der Waals surface area contributed by atoms with Crippen molar-refractivity contribution in [3.8, 4) is 5.75 Å². The first-order valence-electron chi connectivity index (χ1n) is 7.29. The monoisotopic (exact) mass is 284 g/mol. The van der Waals surface area contributed by atoms with Gasteiger partial charge in [-0.25, -0.2) is 0 Å². The maximum atomic E-state index is 6.25. The molecule has 0 bridgehead atoms. The van der Waals surface area contributed by atoms with Crippen molar-refractivity contribution in [2.75, 3.05) is 17.7 Å². The third kappa shape index (κ3) is 3.91. The average molecular weight is 284 g/mol. The Bertz CT molecular complexity index is 608. The van der Waals surface area contributed by atoms with Crippen molar-refractivity contribution in [1.29, 1.82) is 0 Å². The van der Waals surface area contributed by atoms with Gasteiger partial charge in [-0.15, -0.1) is 0 Å². The van der Waals surface area contributed by atoms with Crippen LogP contribution >= 0.6 is 0 Å². The van der Waals surface area contributed by atoms with E-state index in [0.29, 0.717) is 5.69 Å². The first-order valence-corrected chi connectivity index (χ1v) is 7.29. The van der Waals surface area contributed by atoms with Gasteiger partial charge in [0, 0.05) is 13.6 Å². The number of rotatable bonds is 5. The van der Waals surface area contributed by atoms with Crippen LogP contribution in [0.2, 0.25) is 0 Å². The molecule has 0 aliphatic heterocycles. The maximum Gasteiger partial charge on any atom is 0.144 e. The molecule has 0 saturated carbocycles. The second kappa shape index (κ2) is 6.53. The minimum Gasteiger partial charge on any atom is -0.489 e. The average Bonchev–Trinajstić information content (AvgIpc) is 2.40. The lowest BCUT2D eigenvalue weighted by molar-refractivity contribution is 0.244. The van der Waals surface area contributed by atoms with Crippen molar-refractivity contribution in [1.82, 2.24) is 0 Å². The van der Waals surface area contributed by atoms with Crippen molar-refractivity contribution in [3.05, 3.63) is 53.6 Å². The fraction of sp³-hybridized carbons (Fsp3) is 0.333. The molecule has 2 rings (SSSR count). The summed E-state index contributed by atoms with van der Waals surface area (Å²) < 4.78 is 5.75. The molecule has 0 radical (unpaired) electrons. The van der Waals surface area contributed by atoms with Crippen LogP contribution in [0.15, 0.2) is 42.5 Å². The van der Waals surface area contributed by atoms with Gasteiger partial charge in [0.15, 0.2) is 0 Å². The largest absolute Gasteiger partial charge is 0.489 e. The van der Waals surface area contributed by atoms with Crippen LogP contribution in [-0.4, -0.2) is 13.2 Å². The minimum atomic E-state index is 0.115. The number of nitrogens with zero attached hydrogens (tertiary/aromatic N) is 1. The highest BCUT2D eigenvalue weighted by molar-refractivity contribution is 5.73. The normalized spacial score (nSPS) is 10.7. The van der Waals surface area contributed by atoms with Crippen LogP contribution in [-0.2, 0) is 6.54 Å². The number of hydrogen-bond donors (Lipinski definition) is 1. The molecule has 2 aromatic carbocycles. The number of hydrogen-bond acceptors (Lipinski definition) is 3. The van der Waals surface area contributed by atoms with Crippen molar-refractivity contribution >= 4 is 11.4 Å². The summed E-state index contributed by atoms with van der Waals surface area (Å²) in [5.41, 5.74) is 10.5. The standard InChI is InChI=1S/C18H24N2O/c1-13(2)21-17-10-6-9-16(18(17)19)20(4)12-15-8-5-7-14(3)11-15/h5-11,13H,12,19H2,1-4H3. The number of nitrogen functional groups attached to an aromatic ring is 1. The zero-order valence-electron chi connectivity index (χ0n) is 13.3. The topological polar surface area (TPSA) is 38.5 Å². The molecule has 0 aliphatic rings. The van der Waals surface area contributed by atoms with E-state index in [1.807, 2.05) is 39.1 Å². The molecule has 3 nitrogen and oxygen atoms in total. The summed E-state index contributed by atoms with van der Waals surface area (Å²) in [6.45, 7) is 6.93. The fourth-order valence-electron chi connectivity index (χ4n) is 2.39. The Morgan fingerprint density at radius 2 is 1.86 bits per heavy atom. The highest BCUT2D eigenvalue weighted by Crippen LogP contribution is 2.32. The Hall–Kier alpha value is -2.16. The molecule has 2 aromatic rings. The number of para-hydroxylation sites is 1. The lowest BCUT2D eigenvalue weighted by atomic mass is 10.1. The summed E-state index contributed by atoms with van der Waals surface area (Å²) >= 11 is 0. The molecule has 0 spiro atoms. The molecule has 0 aromatic heterocycles. The van der Waals surface area contributed by atoms with Gasteiger partial charge in [-0.05, 0) is 38.5 Å². The Morgan fingerprint density at radius 1 is 1.14 bits per heavy atom. The Morgan fingerprint density at radius 3 is 2.52 bits per heavy atom. The molecule has 21 heavy (non-hydrogen) atoms. The van der Waals surface area contributed by atoms with Crippen LogP contribution in [0.4, 0.5) is 11.4 Å². The predicted molar refractivity (Wildman–Crippen MR) is 89.9 cm³/mol. The van der Waals surface area contributed by atoms with Gasteiger partial charge in [0.2, 0.25) is 0 Å². The number of nitrogens with two attached hydrogens (primary N) is 1. The van der Waals surface area contributed by atoms with E-state index in [9.17, 15) is 0 Å².